The van der Waals surface area contributed by atoms with Crippen LogP contribution in [0.4, 0.5) is 11.4 Å². The van der Waals surface area contributed by atoms with Gasteiger partial charge in [-0.15, -0.1) is 0 Å². The average Bonchev–Trinajstić information content (AvgIpc) is 2.10. The molecule has 0 aromatic heterocycles. The molecule has 0 fully saturated rings. The smallest absolute Gasteiger partial charge is 0.0720 e. The van der Waals surface area contributed by atoms with Crippen LogP contribution in [0.15, 0.2) is 18.2 Å². The van der Waals surface area contributed by atoms with Gasteiger partial charge in [0.05, 0.1) is 12.3 Å². The van der Waals surface area contributed by atoms with Crippen LogP contribution in [0, 0.1) is 6.92 Å². The molecule has 1 aromatic rings. The monoisotopic (exact) mass is 180 g/mol. The van der Waals surface area contributed by atoms with Crippen LogP contribution in [0.2, 0.25) is 0 Å². The van der Waals surface area contributed by atoms with Gasteiger partial charge in [0.15, 0.2) is 0 Å². The molecule has 0 saturated heterocycles. The van der Waals surface area contributed by atoms with Crippen LogP contribution >= 0.6 is 0 Å². The predicted molar refractivity (Wildman–Crippen MR) is 55.6 cm³/mol. The molecule has 1 rings (SSSR count). The fraction of sp³-hybridized carbons (Fsp3) is 0.400. The van der Waals surface area contributed by atoms with Crippen molar-refractivity contribution in [2.24, 2.45) is 0 Å². The molecule has 0 atom stereocenters. The quantitative estimate of drug-likeness (QED) is 0.571. The van der Waals surface area contributed by atoms with E-state index in [1.807, 2.05) is 39.1 Å². The Hall–Kier alpha value is -1.22. The second kappa shape index (κ2) is 4.14. The summed E-state index contributed by atoms with van der Waals surface area (Å²) in [4.78, 5) is 5.30. The second-order valence-electron chi connectivity index (χ2n) is 2.96. The van der Waals surface area contributed by atoms with Gasteiger partial charge in [-0.2, -0.15) is 0 Å². The summed E-state index contributed by atoms with van der Waals surface area (Å²) in [5, 5.41) is 1.72. The van der Waals surface area contributed by atoms with Crippen LogP contribution < -0.4 is 10.8 Å². The minimum Gasteiger partial charge on any atom is -0.398 e. The number of benzene rings is 1. The topological polar surface area (TPSA) is 38.5 Å². The molecule has 0 heterocycles. The van der Waals surface area contributed by atoms with Gasteiger partial charge in [-0.25, -0.2) is 0 Å². The lowest BCUT2D eigenvalue weighted by molar-refractivity contribution is 0.135. The van der Waals surface area contributed by atoms with Crippen molar-refractivity contribution in [1.29, 1.82) is 0 Å². The number of aryl methyl sites for hydroxylation is 1. The van der Waals surface area contributed by atoms with E-state index in [1.165, 1.54) is 0 Å². The number of hydroxylamine groups is 1. The van der Waals surface area contributed by atoms with Crippen LogP contribution in [0.25, 0.3) is 0 Å². The minimum atomic E-state index is 0.657. The Balaban J connectivity index is 2.84. The highest BCUT2D eigenvalue weighted by atomic mass is 16.7. The molecule has 72 valence electrons. The molecule has 0 aliphatic rings. The van der Waals surface area contributed by atoms with Crippen LogP contribution in [-0.4, -0.2) is 13.7 Å². The summed E-state index contributed by atoms with van der Waals surface area (Å²) < 4.78 is 0. The van der Waals surface area contributed by atoms with Crippen molar-refractivity contribution in [3.05, 3.63) is 23.8 Å². The molecule has 0 aliphatic carbocycles. The molecule has 0 radical (unpaired) electrons. The lowest BCUT2D eigenvalue weighted by Crippen LogP contribution is -2.17. The van der Waals surface area contributed by atoms with Crippen molar-refractivity contribution in [2.75, 3.05) is 24.5 Å². The van der Waals surface area contributed by atoms with Gasteiger partial charge in [0.2, 0.25) is 0 Å². The van der Waals surface area contributed by atoms with Crippen LogP contribution in [-0.2, 0) is 4.84 Å². The van der Waals surface area contributed by atoms with Gasteiger partial charge >= 0.3 is 0 Å². The highest BCUT2D eigenvalue weighted by Crippen LogP contribution is 2.19. The summed E-state index contributed by atoms with van der Waals surface area (Å²) in [6, 6.07) is 5.88. The van der Waals surface area contributed by atoms with Gasteiger partial charge in [-0.1, -0.05) is 6.07 Å². The van der Waals surface area contributed by atoms with E-state index in [4.69, 9.17) is 10.6 Å². The maximum atomic E-state index is 5.77. The van der Waals surface area contributed by atoms with E-state index in [9.17, 15) is 0 Å². The molecule has 3 heteroatoms. The van der Waals surface area contributed by atoms with Crippen LogP contribution in [0.1, 0.15) is 12.5 Å². The first kappa shape index (κ1) is 9.86. The summed E-state index contributed by atoms with van der Waals surface area (Å²) in [5.41, 5.74) is 8.64. The summed E-state index contributed by atoms with van der Waals surface area (Å²) in [5.74, 6) is 0. The van der Waals surface area contributed by atoms with E-state index in [0.29, 0.717) is 6.61 Å². The van der Waals surface area contributed by atoms with Crippen molar-refractivity contribution < 1.29 is 4.84 Å². The molecular formula is C10H16N2O. The molecule has 0 saturated carbocycles. The predicted octanol–water partition coefficient (Wildman–Crippen LogP) is 1.96. The maximum absolute atomic E-state index is 5.77. The molecule has 13 heavy (non-hydrogen) atoms. The lowest BCUT2D eigenvalue weighted by atomic mass is 10.2. The van der Waals surface area contributed by atoms with E-state index < -0.39 is 0 Å². The normalized spacial score (nSPS) is 10.1. The first-order chi connectivity index (χ1) is 6.15. The minimum absolute atomic E-state index is 0.657. The maximum Gasteiger partial charge on any atom is 0.0720 e. The van der Waals surface area contributed by atoms with Gasteiger partial charge in [0, 0.05) is 12.7 Å². The molecule has 0 aliphatic heterocycles. The van der Waals surface area contributed by atoms with Gasteiger partial charge in [0.1, 0.15) is 0 Å². The summed E-state index contributed by atoms with van der Waals surface area (Å²) >= 11 is 0. The molecule has 0 amide bonds. The number of anilines is 2. The molecule has 0 spiro atoms. The third kappa shape index (κ3) is 2.36. The third-order valence-corrected chi connectivity index (χ3v) is 1.95. The molecule has 3 nitrogen and oxygen atoms in total. The van der Waals surface area contributed by atoms with Crippen LogP contribution in [0.5, 0.6) is 0 Å². The van der Waals surface area contributed by atoms with Crippen molar-refractivity contribution in [3.8, 4) is 0 Å². The van der Waals surface area contributed by atoms with Crippen molar-refractivity contribution in [1.82, 2.24) is 0 Å². The number of hydrogen-bond donors (Lipinski definition) is 1. The standard InChI is InChI=1S/C10H16N2O/c1-4-13-12(3)9-6-5-8(2)10(11)7-9/h5-7H,4,11H2,1-3H3. The Bertz CT molecular complexity index is 286. The van der Waals surface area contributed by atoms with Gasteiger partial charge in [-0.05, 0) is 31.5 Å². The zero-order valence-electron chi connectivity index (χ0n) is 8.37. The number of nitrogen functional groups attached to an aromatic ring is 1. The first-order valence-corrected chi connectivity index (χ1v) is 4.38. The SMILES string of the molecule is CCON(C)c1ccc(C)c(N)c1. The van der Waals surface area contributed by atoms with Gasteiger partial charge < -0.3 is 5.73 Å². The largest absolute Gasteiger partial charge is 0.398 e. The summed E-state index contributed by atoms with van der Waals surface area (Å²) in [6.45, 7) is 4.60. The fourth-order valence-corrected chi connectivity index (χ4v) is 1.09. The molecule has 0 unspecified atom stereocenters. The number of nitrogens with zero attached hydrogens (tertiary/aromatic N) is 1. The van der Waals surface area contributed by atoms with Crippen molar-refractivity contribution in [2.45, 2.75) is 13.8 Å². The van der Waals surface area contributed by atoms with Crippen molar-refractivity contribution >= 4 is 11.4 Å². The molecule has 0 bridgehead atoms. The number of nitrogens with two attached hydrogens (primary N) is 1. The summed E-state index contributed by atoms with van der Waals surface area (Å²) in [7, 11) is 1.87. The van der Waals surface area contributed by atoms with E-state index >= 15 is 0 Å². The van der Waals surface area contributed by atoms with Crippen molar-refractivity contribution in [3.63, 3.8) is 0 Å². The molecule has 1 aromatic carbocycles. The average molecular weight is 180 g/mol. The third-order valence-electron chi connectivity index (χ3n) is 1.95. The van der Waals surface area contributed by atoms with Gasteiger partial charge in [-0.3, -0.25) is 9.90 Å². The Morgan fingerprint density at radius 1 is 1.46 bits per heavy atom. The highest BCUT2D eigenvalue weighted by Gasteiger charge is 2.01. The fourth-order valence-electron chi connectivity index (χ4n) is 1.09. The first-order valence-electron chi connectivity index (χ1n) is 4.38. The Labute approximate surface area is 79.1 Å². The van der Waals surface area contributed by atoms with Gasteiger partial charge in [0.25, 0.3) is 0 Å². The molecule has 2 N–H and O–H groups in total. The highest BCUT2D eigenvalue weighted by molar-refractivity contribution is 5.58. The zero-order chi connectivity index (χ0) is 9.84. The second-order valence-corrected chi connectivity index (χ2v) is 2.96. The number of hydrogen-bond acceptors (Lipinski definition) is 3. The Kier molecular flexibility index (Phi) is 3.14. The van der Waals surface area contributed by atoms with E-state index in [2.05, 4.69) is 0 Å². The van der Waals surface area contributed by atoms with Crippen LogP contribution in [0.3, 0.4) is 0 Å². The van der Waals surface area contributed by atoms with E-state index in [-0.39, 0.29) is 0 Å². The molecular weight excluding hydrogens is 164 g/mol. The van der Waals surface area contributed by atoms with E-state index in [0.717, 1.165) is 16.9 Å². The summed E-state index contributed by atoms with van der Waals surface area (Å²) in [6.07, 6.45) is 0. The number of rotatable bonds is 3. The zero-order valence-corrected chi connectivity index (χ0v) is 8.37. The van der Waals surface area contributed by atoms with E-state index in [1.54, 1.807) is 5.06 Å². The Morgan fingerprint density at radius 2 is 2.15 bits per heavy atom. The lowest BCUT2D eigenvalue weighted by Gasteiger charge is -2.18. The Morgan fingerprint density at radius 3 is 2.69 bits per heavy atom.